The summed E-state index contributed by atoms with van der Waals surface area (Å²) in [5.74, 6) is -0.358. The van der Waals surface area contributed by atoms with Gasteiger partial charge in [0.25, 0.3) is 7.82 Å². The predicted octanol–water partition coefficient (Wildman–Crippen LogP) is 17.3. The number of hydrogen-bond donors (Lipinski definition) is 0. The zero-order valence-corrected chi connectivity index (χ0v) is 46.4. The first-order chi connectivity index (χ1) is 33.6. The highest BCUT2D eigenvalue weighted by atomic mass is 31.2. The Kier molecular flexibility index (Phi) is 50.3. The molecule has 69 heavy (non-hydrogen) atoms. The number of allylic oxidation sites excluding steroid dienone is 14. The molecule has 0 amide bonds. The van der Waals surface area contributed by atoms with Crippen molar-refractivity contribution in [3.63, 3.8) is 0 Å². The minimum Gasteiger partial charge on any atom is -0.756 e. The van der Waals surface area contributed by atoms with Crippen LogP contribution < -0.4 is 4.89 Å². The molecule has 400 valence electrons. The summed E-state index contributed by atoms with van der Waals surface area (Å²) in [6, 6.07) is 0. The third kappa shape index (κ3) is 56.5. The molecule has 0 fully saturated rings. The van der Waals surface area contributed by atoms with E-state index in [1.807, 2.05) is 21.1 Å². The van der Waals surface area contributed by atoms with E-state index < -0.39 is 13.9 Å². The Morgan fingerprint density at radius 3 is 1.28 bits per heavy atom. The average Bonchev–Trinajstić information content (AvgIpc) is 3.31. The topological polar surface area (TPSA) is 94.1 Å². The molecule has 8 nitrogen and oxygen atoms in total. The standard InChI is InChI=1S/C60H108NO7P/c1-6-8-10-12-14-16-18-20-22-24-26-28-30-32-34-36-38-40-42-44-46-48-50-52-55-65-57-59(58-67-69(63,64)66-56-54-61(3,4)5)68-60(62)53-51-49-47-45-43-41-39-37-35-33-31-29-27-25-23-21-19-17-15-13-11-9-7-2/h9,11,15,17,21,23-24,26-27,29,33,35,39,41,59H,6-8,10,12-14,16,18-20,22,25,28,30-32,34,36-38,40,42-58H2,1-5H3/b11-9-,17-15-,23-21-,26-24-,29-27-,35-33-,41-39-. The van der Waals surface area contributed by atoms with E-state index in [9.17, 15) is 14.3 Å². The molecule has 0 aliphatic carbocycles. The van der Waals surface area contributed by atoms with E-state index in [-0.39, 0.29) is 32.2 Å². The molecule has 0 N–H and O–H groups in total. The molecule has 0 saturated heterocycles. The van der Waals surface area contributed by atoms with Crippen LogP contribution in [-0.2, 0) is 27.9 Å². The Hall–Kier alpha value is -2.32. The van der Waals surface area contributed by atoms with Crippen molar-refractivity contribution in [1.82, 2.24) is 0 Å². The Balaban J connectivity index is 4.16. The molecular formula is C60H108NO7P. The first-order valence-corrected chi connectivity index (χ1v) is 29.8. The SMILES string of the molecule is CC/C=C\C/C=C\C/C=C\C/C=C\C/C=C\C/C=C\CCCCCCC(=O)OC(COCCCCCCCCCCCCCC/C=C\CCCCCCCCCC)COP(=O)([O-])OCC[N+](C)(C)C. The van der Waals surface area contributed by atoms with Crippen LogP contribution in [0.4, 0.5) is 0 Å². The quantitative estimate of drug-likeness (QED) is 0.0197. The van der Waals surface area contributed by atoms with Gasteiger partial charge in [0.05, 0.1) is 34.4 Å². The Labute approximate surface area is 426 Å². The van der Waals surface area contributed by atoms with Crippen molar-refractivity contribution in [2.24, 2.45) is 0 Å². The van der Waals surface area contributed by atoms with Crippen LogP contribution >= 0.6 is 7.82 Å². The third-order valence-corrected chi connectivity index (χ3v) is 12.9. The van der Waals surface area contributed by atoms with Crippen LogP contribution in [0.2, 0.25) is 0 Å². The molecule has 2 atom stereocenters. The van der Waals surface area contributed by atoms with Crippen molar-refractivity contribution in [3.8, 4) is 0 Å². The molecule has 0 aliphatic rings. The van der Waals surface area contributed by atoms with Crippen LogP contribution in [0, 0.1) is 0 Å². The van der Waals surface area contributed by atoms with Gasteiger partial charge in [-0.2, -0.15) is 0 Å². The first kappa shape index (κ1) is 66.7. The van der Waals surface area contributed by atoms with Crippen LogP contribution in [-0.4, -0.2) is 70.7 Å². The lowest BCUT2D eigenvalue weighted by atomic mass is 10.0. The maximum atomic E-state index is 12.8. The molecule has 0 aliphatic heterocycles. The average molecular weight is 986 g/mol. The molecule has 9 heteroatoms. The van der Waals surface area contributed by atoms with Crippen molar-refractivity contribution < 1.29 is 37.3 Å². The minimum absolute atomic E-state index is 0.0169. The molecule has 0 spiro atoms. The normalized spacial score (nSPS) is 14.1. The lowest BCUT2D eigenvalue weighted by Crippen LogP contribution is -2.37. The largest absolute Gasteiger partial charge is 0.756 e. The van der Waals surface area contributed by atoms with Crippen LogP contribution in [0.15, 0.2) is 85.1 Å². The monoisotopic (exact) mass is 986 g/mol. The van der Waals surface area contributed by atoms with E-state index >= 15 is 0 Å². The molecule has 0 aromatic carbocycles. The van der Waals surface area contributed by atoms with Gasteiger partial charge in [-0.05, 0) is 89.9 Å². The fraction of sp³-hybridized carbons (Fsp3) is 0.750. The van der Waals surface area contributed by atoms with Gasteiger partial charge in [0.2, 0.25) is 0 Å². The number of carbonyl (C=O) groups is 1. The second kappa shape index (κ2) is 52.0. The summed E-state index contributed by atoms with van der Waals surface area (Å²) in [5, 5.41) is 0. The maximum Gasteiger partial charge on any atom is 0.306 e. The second-order valence-electron chi connectivity index (χ2n) is 19.9. The number of rotatable bonds is 52. The lowest BCUT2D eigenvalue weighted by Gasteiger charge is -2.28. The summed E-state index contributed by atoms with van der Waals surface area (Å²) in [6.07, 6.45) is 70.5. The number of likely N-dealkylation sites (N-methyl/N-ethyl adjacent to an activating group) is 1. The van der Waals surface area contributed by atoms with Gasteiger partial charge >= 0.3 is 5.97 Å². The van der Waals surface area contributed by atoms with E-state index in [4.69, 9.17) is 18.5 Å². The van der Waals surface area contributed by atoms with Crippen molar-refractivity contribution in [2.45, 2.75) is 238 Å². The van der Waals surface area contributed by atoms with Crippen LogP contribution in [0.5, 0.6) is 0 Å². The van der Waals surface area contributed by atoms with E-state index in [1.165, 1.54) is 128 Å². The highest BCUT2D eigenvalue weighted by Crippen LogP contribution is 2.38. The summed E-state index contributed by atoms with van der Waals surface area (Å²) in [7, 11) is 1.33. The predicted molar refractivity (Wildman–Crippen MR) is 295 cm³/mol. The number of quaternary nitrogens is 1. The number of ether oxygens (including phenoxy) is 2. The number of hydrogen-bond acceptors (Lipinski definition) is 7. The first-order valence-electron chi connectivity index (χ1n) is 28.3. The molecule has 0 aromatic heterocycles. The highest BCUT2D eigenvalue weighted by Gasteiger charge is 2.20. The van der Waals surface area contributed by atoms with Crippen LogP contribution in [0.3, 0.4) is 0 Å². The molecule has 0 aromatic rings. The molecule has 0 bridgehead atoms. The number of carbonyl (C=O) groups excluding carboxylic acids is 1. The highest BCUT2D eigenvalue weighted by molar-refractivity contribution is 7.45. The van der Waals surface area contributed by atoms with E-state index in [1.54, 1.807) is 0 Å². The molecule has 2 unspecified atom stereocenters. The third-order valence-electron chi connectivity index (χ3n) is 11.9. The molecule has 0 rings (SSSR count). The minimum atomic E-state index is -4.55. The van der Waals surface area contributed by atoms with E-state index in [2.05, 4.69) is 98.9 Å². The fourth-order valence-corrected chi connectivity index (χ4v) is 8.33. The Bertz CT molecular complexity index is 1380. The van der Waals surface area contributed by atoms with Gasteiger partial charge < -0.3 is 27.9 Å². The van der Waals surface area contributed by atoms with Gasteiger partial charge in [0.15, 0.2) is 0 Å². The number of phosphoric acid groups is 1. The van der Waals surface area contributed by atoms with Crippen LogP contribution in [0.1, 0.15) is 232 Å². The summed E-state index contributed by atoms with van der Waals surface area (Å²) < 4.78 is 34.8. The number of phosphoric ester groups is 1. The Morgan fingerprint density at radius 2 is 0.841 bits per heavy atom. The number of esters is 1. The second-order valence-corrected chi connectivity index (χ2v) is 21.3. The van der Waals surface area contributed by atoms with Gasteiger partial charge in [-0.15, -0.1) is 0 Å². The number of nitrogens with zero attached hydrogens (tertiary/aromatic N) is 1. The van der Waals surface area contributed by atoms with Crippen molar-refractivity contribution in [1.29, 1.82) is 0 Å². The van der Waals surface area contributed by atoms with Crippen molar-refractivity contribution >= 4 is 13.8 Å². The molecule has 0 radical (unpaired) electrons. The molecule has 0 heterocycles. The van der Waals surface area contributed by atoms with Crippen molar-refractivity contribution in [2.75, 3.05) is 54.1 Å². The smallest absolute Gasteiger partial charge is 0.306 e. The summed E-state index contributed by atoms with van der Waals surface area (Å²) in [5.41, 5.74) is 0. The van der Waals surface area contributed by atoms with E-state index in [0.717, 1.165) is 83.5 Å². The summed E-state index contributed by atoms with van der Waals surface area (Å²) >= 11 is 0. The number of unbranched alkanes of at least 4 members (excludes halogenated alkanes) is 24. The maximum absolute atomic E-state index is 12.8. The summed E-state index contributed by atoms with van der Waals surface area (Å²) in [6.45, 7) is 5.27. The van der Waals surface area contributed by atoms with Gasteiger partial charge in [0.1, 0.15) is 19.3 Å². The fourth-order valence-electron chi connectivity index (χ4n) is 7.60. The zero-order valence-electron chi connectivity index (χ0n) is 45.5. The molecular weight excluding hydrogens is 878 g/mol. The van der Waals surface area contributed by atoms with E-state index in [0.29, 0.717) is 17.6 Å². The van der Waals surface area contributed by atoms with Gasteiger partial charge in [-0.25, -0.2) is 0 Å². The van der Waals surface area contributed by atoms with Gasteiger partial charge in [0, 0.05) is 13.0 Å². The zero-order chi connectivity index (χ0) is 50.5. The lowest BCUT2D eigenvalue weighted by molar-refractivity contribution is -0.870. The Morgan fingerprint density at radius 1 is 0.464 bits per heavy atom. The van der Waals surface area contributed by atoms with Crippen molar-refractivity contribution in [3.05, 3.63) is 85.1 Å². The van der Waals surface area contributed by atoms with Crippen LogP contribution in [0.25, 0.3) is 0 Å². The molecule has 0 saturated carbocycles. The van der Waals surface area contributed by atoms with Gasteiger partial charge in [-0.3, -0.25) is 9.36 Å². The summed E-state index contributed by atoms with van der Waals surface area (Å²) in [4.78, 5) is 25.2. The van der Waals surface area contributed by atoms with Gasteiger partial charge in [-0.1, -0.05) is 221 Å².